The third kappa shape index (κ3) is 4.49. The molecule has 1 atom stereocenters. The summed E-state index contributed by atoms with van der Waals surface area (Å²) in [5.41, 5.74) is 1.51. The second-order valence-corrected chi connectivity index (χ2v) is 7.55. The molecule has 0 saturated carbocycles. The molecule has 0 aromatic heterocycles. The zero-order valence-electron chi connectivity index (χ0n) is 15.4. The SMILES string of the molecule is Cc1ccc2c(c1)N(C(=O)CCC(=O)Nc1c(F)cc(F)cc1Br)C[C@H](C)O2. The van der Waals surface area contributed by atoms with Crippen LogP contribution in [0.15, 0.2) is 34.8 Å². The number of amides is 2. The number of hydrogen-bond donors (Lipinski definition) is 1. The van der Waals surface area contributed by atoms with Gasteiger partial charge in [-0.1, -0.05) is 6.07 Å². The lowest BCUT2D eigenvalue weighted by Gasteiger charge is -2.33. The highest BCUT2D eigenvalue weighted by Gasteiger charge is 2.28. The van der Waals surface area contributed by atoms with E-state index in [1.54, 1.807) is 4.90 Å². The highest BCUT2D eigenvalue weighted by atomic mass is 79.9. The molecule has 2 amide bonds. The Morgan fingerprint density at radius 1 is 1.25 bits per heavy atom. The lowest BCUT2D eigenvalue weighted by atomic mass is 10.1. The summed E-state index contributed by atoms with van der Waals surface area (Å²) in [4.78, 5) is 26.5. The Kier molecular flexibility index (Phi) is 5.98. The van der Waals surface area contributed by atoms with Crippen LogP contribution in [0.1, 0.15) is 25.3 Å². The van der Waals surface area contributed by atoms with E-state index in [0.29, 0.717) is 24.0 Å². The third-order valence-corrected chi connectivity index (χ3v) is 4.94. The molecule has 0 spiro atoms. The van der Waals surface area contributed by atoms with Gasteiger partial charge in [0, 0.05) is 23.4 Å². The molecule has 0 saturated heterocycles. The van der Waals surface area contributed by atoms with E-state index >= 15 is 0 Å². The average Bonchev–Trinajstić information content (AvgIpc) is 2.62. The fourth-order valence-corrected chi connectivity index (χ4v) is 3.51. The second-order valence-electron chi connectivity index (χ2n) is 6.70. The van der Waals surface area contributed by atoms with Crippen LogP contribution in [0, 0.1) is 18.6 Å². The molecule has 0 bridgehead atoms. The Balaban J connectivity index is 1.66. The molecule has 0 unspecified atom stereocenters. The van der Waals surface area contributed by atoms with E-state index in [-0.39, 0.29) is 35.0 Å². The first kappa shape index (κ1) is 20.3. The summed E-state index contributed by atoms with van der Waals surface area (Å²) >= 11 is 3.02. The van der Waals surface area contributed by atoms with Crippen molar-refractivity contribution in [3.8, 4) is 5.75 Å². The number of nitrogens with zero attached hydrogens (tertiary/aromatic N) is 1. The summed E-state index contributed by atoms with van der Waals surface area (Å²) in [5, 5.41) is 2.38. The van der Waals surface area contributed by atoms with Gasteiger partial charge in [0.05, 0.1) is 17.9 Å². The van der Waals surface area contributed by atoms with Crippen LogP contribution in [0.25, 0.3) is 0 Å². The minimum absolute atomic E-state index is 0.0492. The first-order valence-electron chi connectivity index (χ1n) is 8.76. The van der Waals surface area contributed by atoms with E-state index in [0.717, 1.165) is 11.6 Å². The number of fused-ring (bicyclic) bond motifs is 1. The Morgan fingerprint density at radius 2 is 2.00 bits per heavy atom. The summed E-state index contributed by atoms with van der Waals surface area (Å²) in [7, 11) is 0. The number of ether oxygens (including phenoxy) is 1. The summed E-state index contributed by atoms with van der Waals surface area (Å²) in [6, 6.07) is 7.33. The molecule has 3 rings (SSSR count). The number of hydrogen-bond acceptors (Lipinski definition) is 3. The summed E-state index contributed by atoms with van der Waals surface area (Å²) < 4.78 is 32.8. The normalized spacial score (nSPS) is 15.6. The molecule has 5 nitrogen and oxygen atoms in total. The molecule has 8 heteroatoms. The van der Waals surface area contributed by atoms with Gasteiger partial charge in [0.25, 0.3) is 0 Å². The maximum absolute atomic E-state index is 13.8. The van der Waals surface area contributed by atoms with E-state index in [9.17, 15) is 18.4 Å². The van der Waals surface area contributed by atoms with Crippen LogP contribution in [0.5, 0.6) is 5.75 Å². The van der Waals surface area contributed by atoms with Crippen molar-refractivity contribution in [3.05, 3.63) is 52.0 Å². The monoisotopic (exact) mass is 452 g/mol. The Morgan fingerprint density at radius 3 is 2.71 bits per heavy atom. The lowest BCUT2D eigenvalue weighted by Crippen LogP contribution is -2.42. The summed E-state index contributed by atoms with van der Waals surface area (Å²) in [6.45, 7) is 4.17. The predicted molar refractivity (Wildman–Crippen MR) is 106 cm³/mol. The number of benzene rings is 2. The van der Waals surface area contributed by atoms with Gasteiger partial charge in [-0.15, -0.1) is 0 Å². The van der Waals surface area contributed by atoms with Crippen LogP contribution >= 0.6 is 15.9 Å². The van der Waals surface area contributed by atoms with Crippen LogP contribution in [0.2, 0.25) is 0 Å². The van der Waals surface area contributed by atoms with Crippen LogP contribution in [0.3, 0.4) is 0 Å². The van der Waals surface area contributed by atoms with E-state index in [4.69, 9.17) is 4.74 Å². The third-order valence-electron chi connectivity index (χ3n) is 4.31. The molecule has 28 heavy (non-hydrogen) atoms. The number of aryl methyl sites for hydroxylation is 1. The predicted octanol–water partition coefficient (Wildman–Crippen LogP) is 4.57. The van der Waals surface area contributed by atoms with Crippen LogP contribution in [-0.4, -0.2) is 24.5 Å². The smallest absolute Gasteiger partial charge is 0.227 e. The first-order valence-corrected chi connectivity index (χ1v) is 9.56. The van der Waals surface area contributed by atoms with E-state index in [1.165, 1.54) is 0 Å². The average molecular weight is 453 g/mol. The summed E-state index contributed by atoms with van der Waals surface area (Å²) in [6.07, 6.45) is -0.348. The second kappa shape index (κ2) is 8.26. The standard InChI is InChI=1S/C20H19BrF2N2O3/c1-11-3-4-17-16(7-11)25(10-12(2)28-17)19(27)6-5-18(26)24-20-14(21)8-13(22)9-15(20)23/h3-4,7-9,12H,5-6,10H2,1-2H3,(H,24,26)/t12-/m0/s1. The van der Waals surface area contributed by atoms with Crippen LogP contribution in [-0.2, 0) is 9.59 Å². The van der Waals surface area contributed by atoms with Crippen LogP contribution < -0.4 is 15.0 Å². The van der Waals surface area contributed by atoms with Gasteiger partial charge in [0.2, 0.25) is 11.8 Å². The van der Waals surface area contributed by atoms with Crippen molar-refractivity contribution < 1.29 is 23.1 Å². The molecule has 0 radical (unpaired) electrons. The molecule has 1 N–H and O–H groups in total. The number of anilines is 2. The Labute approximate surface area is 169 Å². The van der Waals surface area contributed by atoms with Crippen molar-refractivity contribution in [2.45, 2.75) is 32.8 Å². The molecule has 2 aromatic carbocycles. The van der Waals surface area contributed by atoms with E-state index in [1.807, 2.05) is 32.0 Å². The number of carbonyl (C=O) groups excluding carboxylic acids is 2. The maximum atomic E-state index is 13.8. The van der Waals surface area contributed by atoms with Gasteiger partial charge in [0.1, 0.15) is 17.7 Å². The van der Waals surface area contributed by atoms with Gasteiger partial charge in [-0.25, -0.2) is 8.78 Å². The first-order chi connectivity index (χ1) is 13.2. The van der Waals surface area contributed by atoms with E-state index in [2.05, 4.69) is 21.2 Å². The largest absolute Gasteiger partial charge is 0.487 e. The Bertz CT molecular complexity index is 913. The Hall–Kier alpha value is -2.48. The minimum Gasteiger partial charge on any atom is -0.487 e. The zero-order valence-corrected chi connectivity index (χ0v) is 17.0. The zero-order chi connectivity index (χ0) is 20.4. The van der Waals surface area contributed by atoms with Crippen molar-refractivity contribution in [2.24, 2.45) is 0 Å². The van der Waals surface area contributed by atoms with Gasteiger partial charge >= 0.3 is 0 Å². The van der Waals surface area contributed by atoms with Crippen LogP contribution in [0.4, 0.5) is 20.2 Å². The number of rotatable bonds is 4. The minimum atomic E-state index is -0.891. The molecule has 0 aliphatic carbocycles. The highest BCUT2D eigenvalue weighted by Crippen LogP contribution is 2.34. The molecular weight excluding hydrogens is 434 g/mol. The highest BCUT2D eigenvalue weighted by molar-refractivity contribution is 9.10. The van der Waals surface area contributed by atoms with Crippen molar-refractivity contribution in [3.63, 3.8) is 0 Å². The van der Waals surface area contributed by atoms with Gasteiger partial charge in [-0.2, -0.15) is 0 Å². The summed E-state index contributed by atoms with van der Waals surface area (Å²) in [5.74, 6) is -1.79. The molecule has 1 heterocycles. The van der Waals surface area contributed by atoms with Gasteiger partial charge in [0.15, 0.2) is 5.82 Å². The van der Waals surface area contributed by atoms with E-state index < -0.39 is 17.5 Å². The fraction of sp³-hybridized carbons (Fsp3) is 0.300. The molecule has 1 aliphatic rings. The molecule has 148 valence electrons. The van der Waals surface area contributed by atoms with Crippen molar-refractivity contribution in [2.75, 3.05) is 16.8 Å². The molecule has 2 aromatic rings. The number of halogens is 3. The molecule has 1 aliphatic heterocycles. The lowest BCUT2D eigenvalue weighted by molar-refractivity contribution is -0.122. The van der Waals surface area contributed by atoms with Gasteiger partial charge in [-0.05, 0) is 53.5 Å². The number of carbonyl (C=O) groups is 2. The number of nitrogens with one attached hydrogen (secondary N) is 1. The van der Waals surface area contributed by atoms with Crippen molar-refractivity contribution in [1.82, 2.24) is 0 Å². The quantitative estimate of drug-likeness (QED) is 0.738. The topological polar surface area (TPSA) is 58.6 Å². The molecular formula is C20H19BrF2N2O3. The fourth-order valence-electron chi connectivity index (χ4n) is 3.00. The van der Waals surface area contributed by atoms with Crippen molar-refractivity contribution >= 4 is 39.1 Å². The van der Waals surface area contributed by atoms with Gasteiger partial charge in [-0.3, -0.25) is 9.59 Å². The van der Waals surface area contributed by atoms with Crippen molar-refractivity contribution in [1.29, 1.82) is 0 Å². The van der Waals surface area contributed by atoms with Gasteiger partial charge < -0.3 is 15.0 Å². The maximum Gasteiger partial charge on any atom is 0.227 e. The molecule has 0 fully saturated rings.